The molecule has 1 aliphatic heterocycles. The third-order valence-corrected chi connectivity index (χ3v) is 3.39. The number of aromatic nitrogens is 1. The van der Waals surface area contributed by atoms with E-state index in [2.05, 4.69) is 10.3 Å². The number of benzene rings is 1. The summed E-state index contributed by atoms with van der Waals surface area (Å²) in [7, 11) is 0. The Morgan fingerprint density at radius 1 is 1.30 bits per heavy atom. The van der Waals surface area contributed by atoms with E-state index in [0.29, 0.717) is 11.4 Å². The maximum absolute atomic E-state index is 12.3. The third-order valence-electron chi connectivity index (χ3n) is 3.39. The van der Waals surface area contributed by atoms with E-state index in [1.54, 1.807) is 31.2 Å². The molecule has 0 radical (unpaired) electrons. The van der Waals surface area contributed by atoms with Gasteiger partial charge in [0.1, 0.15) is 12.4 Å². The number of pyridine rings is 1. The van der Waals surface area contributed by atoms with Gasteiger partial charge in [-0.25, -0.2) is 4.98 Å². The van der Waals surface area contributed by atoms with Crippen LogP contribution in [-0.2, 0) is 9.59 Å². The molecule has 1 aromatic carbocycles. The predicted molar refractivity (Wildman–Crippen MR) is 86.2 cm³/mol. The van der Waals surface area contributed by atoms with Gasteiger partial charge in [0.25, 0.3) is 5.91 Å². The molecule has 7 heteroatoms. The highest BCUT2D eigenvalue weighted by Gasteiger charge is 2.34. The van der Waals surface area contributed by atoms with Crippen molar-refractivity contribution in [2.24, 2.45) is 0 Å². The highest BCUT2D eigenvalue weighted by molar-refractivity contribution is 6.05. The van der Waals surface area contributed by atoms with E-state index in [1.807, 2.05) is 18.2 Å². The highest BCUT2D eigenvalue weighted by Crippen LogP contribution is 2.32. The Morgan fingerprint density at radius 3 is 2.78 bits per heavy atom. The minimum Gasteiger partial charge on any atom is -0.477 e. The van der Waals surface area contributed by atoms with Gasteiger partial charge >= 0.3 is 0 Å². The van der Waals surface area contributed by atoms with Crippen molar-refractivity contribution in [1.29, 1.82) is 0 Å². The van der Waals surface area contributed by atoms with Crippen molar-refractivity contribution >= 4 is 29.1 Å². The number of nitrogens with one attached hydrogen (secondary N) is 1. The molecule has 0 fully saturated rings. The zero-order valence-corrected chi connectivity index (χ0v) is 12.5. The molecule has 118 valence electrons. The Labute approximate surface area is 133 Å². The molecule has 2 heterocycles. The molecule has 2 aromatic rings. The van der Waals surface area contributed by atoms with Gasteiger partial charge in [0, 0.05) is 5.69 Å². The van der Waals surface area contributed by atoms with Gasteiger partial charge in [-0.15, -0.1) is 0 Å². The molecule has 0 aliphatic carbocycles. The van der Waals surface area contributed by atoms with Crippen molar-refractivity contribution in [2.45, 2.75) is 13.0 Å². The molecule has 2 amide bonds. The molecule has 0 saturated carbocycles. The van der Waals surface area contributed by atoms with Crippen LogP contribution >= 0.6 is 0 Å². The third kappa shape index (κ3) is 3.08. The van der Waals surface area contributed by atoms with Gasteiger partial charge < -0.3 is 15.8 Å². The van der Waals surface area contributed by atoms with Crippen LogP contribution in [0.1, 0.15) is 6.92 Å². The average molecular weight is 312 g/mol. The number of para-hydroxylation sites is 1. The van der Waals surface area contributed by atoms with E-state index in [1.165, 1.54) is 4.90 Å². The van der Waals surface area contributed by atoms with Crippen molar-refractivity contribution in [1.82, 2.24) is 4.98 Å². The van der Waals surface area contributed by atoms with Gasteiger partial charge in [-0.05, 0) is 31.2 Å². The molecule has 1 atom stereocenters. The van der Waals surface area contributed by atoms with Crippen molar-refractivity contribution in [3.63, 3.8) is 0 Å². The topological polar surface area (TPSA) is 97.6 Å². The number of carbonyl (C=O) groups is 2. The summed E-state index contributed by atoms with van der Waals surface area (Å²) in [5.41, 5.74) is 6.33. The Balaban J connectivity index is 1.82. The van der Waals surface area contributed by atoms with Gasteiger partial charge in [-0.3, -0.25) is 14.5 Å². The SMILES string of the molecule is CC1Oc2ccc(N)nc2N(CC(=O)Nc2ccccc2)C1=O. The first-order chi connectivity index (χ1) is 11.0. The molecule has 1 aliphatic rings. The number of hydrogen-bond acceptors (Lipinski definition) is 5. The molecule has 1 aromatic heterocycles. The lowest BCUT2D eigenvalue weighted by Crippen LogP contribution is -2.48. The maximum Gasteiger partial charge on any atom is 0.269 e. The first-order valence-electron chi connectivity index (χ1n) is 7.14. The van der Waals surface area contributed by atoms with Gasteiger partial charge in [-0.1, -0.05) is 18.2 Å². The molecule has 0 saturated heterocycles. The Hall–Kier alpha value is -3.09. The second-order valence-electron chi connectivity index (χ2n) is 5.16. The maximum atomic E-state index is 12.3. The molecule has 23 heavy (non-hydrogen) atoms. The number of ether oxygens (including phenoxy) is 1. The van der Waals surface area contributed by atoms with Gasteiger partial charge in [-0.2, -0.15) is 0 Å². The van der Waals surface area contributed by atoms with E-state index in [4.69, 9.17) is 10.5 Å². The smallest absolute Gasteiger partial charge is 0.269 e. The number of hydrogen-bond donors (Lipinski definition) is 2. The number of amides is 2. The summed E-state index contributed by atoms with van der Waals surface area (Å²) in [5.74, 6) is 0.283. The van der Waals surface area contributed by atoms with Crippen LogP contribution in [0.25, 0.3) is 0 Å². The first-order valence-corrected chi connectivity index (χ1v) is 7.14. The Bertz CT molecular complexity index is 748. The molecule has 3 N–H and O–H groups in total. The predicted octanol–water partition coefficient (Wildman–Crippen LogP) is 1.42. The fourth-order valence-electron chi connectivity index (χ4n) is 2.32. The molecule has 0 spiro atoms. The van der Waals surface area contributed by atoms with E-state index in [0.717, 1.165) is 0 Å². The summed E-state index contributed by atoms with van der Waals surface area (Å²) in [5, 5.41) is 2.74. The number of anilines is 3. The zero-order valence-electron chi connectivity index (χ0n) is 12.5. The summed E-state index contributed by atoms with van der Waals surface area (Å²) in [6.45, 7) is 1.47. The standard InChI is InChI=1S/C16H16N4O3/c1-10-16(22)20(15-12(23-10)7-8-13(17)19-15)9-14(21)18-11-5-3-2-4-6-11/h2-8,10H,9H2,1H3,(H2,17,19)(H,18,21). The van der Waals surface area contributed by atoms with E-state index in [9.17, 15) is 9.59 Å². The molecule has 0 bridgehead atoms. The van der Waals surface area contributed by atoms with E-state index >= 15 is 0 Å². The number of carbonyl (C=O) groups excluding carboxylic acids is 2. The van der Waals surface area contributed by atoms with Crippen molar-refractivity contribution in [2.75, 3.05) is 22.5 Å². The van der Waals surface area contributed by atoms with Crippen molar-refractivity contribution in [3.05, 3.63) is 42.5 Å². The second-order valence-corrected chi connectivity index (χ2v) is 5.16. The normalized spacial score (nSPS) is 16.5. The van der Waals surface area contributed by atoms with Crippen molar-refractivity contribution < 1.29 is 14.3 Å². The number of nitrogens with two attached hydrogens (primary N) is 1. The van der Waals surface area contributed by atoms with Gasteiger partial charge in [0.05, 0.1) is 0 Å². The van der Waals surface area contributed by atoms with Gasteiger partial charge in [0.15, 0.2) is 17.7 Å². The molecule has 1 unspecified atom stereocenters. The summed E-state index contributed by atoms with van der Waals surface area (Å²) < 4.78 is 5.49. The number of nitrogen functional groups attached to an aromatic ring is 1. The quantitative estimate of drug-likeness (QED) is 0.893. The molecule has 7 nitrogen and oxygen atoms in total. The Kier molecular flexibility index (Phi) is 3.84. The van der Waals surface area contributed by atoms with E-state index in [-0.39, 0.29) is 30.0 Å². The monoisotopic (exact) mass is 312 g/mol. The fourth-order valence-corrected chi connectivity index (χ4v) is 2.32. The summed E-state index contributed by atoms with van der Waals surface area (Å²) in [6.07, 6.45) is -0.683. The molecular formula is C16H16N4O3. The largest absolute Gasteiger partial charge is 0.477 e. The summed E-state index contributed by atoms with van der Waals surface area (Å²) in [6, 6.07) is 12.3. The van der Waals surface area contributed by atoms with Crippen LogP contribution in [0, 0.1) is 0 Å². The second kappa shape index (κ2) is 5.96. The number of fused-ring (bicyclic) bond motifs is 1. The lowest BCUT2D eigenvalue weighted by molar-refractivity contribution is -0.127. The van der Waals surface area contributed by atoms with Crippen LogP contribution in [0.5, 0.6) is 5.75 Å². The lowest BCUT2D eigenvalue weighted by atomic mass is 10.2. The van der Waals surface area contributed by atoms with Crippen LogP contribution in [0.2, 0.25) is 0 Å². The lowest BCUT2D eigenvalue weighted by Gasteiger charge is -2.31. The first kappa shape index (κ1) is 14.8. The fraction of sp³-hybridized carbons (Fsp3) is 0.188. The summed E-state index contributed by atoms with van der Waals surface area (Å²) in [4.78, 5) is 30.0. The van der Waals surface area contributed by atoms with Crippen LogP contribution in [0.3, 0.4) is 0 Å². The van der Waals surface area contributed by atoms with E-state index < -0.39 is 6.10 Å². The summed E-state index contributed by atoms with van der Waals surface area (Å²) >= 11 is 0. The van der Waals surface area contributed by atoms with Crippen molar-refractivity contribution in [3.8, 4) is 5.75 Å². The minimum atomic E-state index is -0.683. The average Bonchev–Trinajstić information content (AvgIpc) is 2.53. The van der Waals surface area contributed by atoms with Crippen LogP contribution in [0.4, 0.5) is 17.3 Å². The molecule has 3 rings (SSSR count). The minimum absolute atomic E-state index is 0.162. The van der Waals surface area contributed by atoms with Crippen LogP contribution in [-0.4, -0.2) is 29.4 Å². The van der Waals surface area contributed by atoms with Crippen LogP contribution in [0.15, 0.2) is 42.5 Å². The number of rotatable bonds is 3. The molecular weight excluding hydrogens is 296 g/mol. The zero-order chi connectivity index (χ0) is 16.4. The van der Waals surface area contributed by atoms with Gasteiger partial charge in [0.2, 0.25) is 5.91 Å². The highest BCUT2D eigenvalue weighted by atomic mass is 16.5. The Morgan fingerprint density at radius 2 is 2.04 bits per heavy atom. The number of nitrogens with zero attached hydrogens (tertiary/aromatic N) is 2. The van der Waals surface area contributed by atoms with Crippen LogP contribution < -0.4 is 20.7 Å².